The summed E-state index contributed by atoms with van der Waals surface area (Å²) in [6, 6.07) is 12.3. The summed E-state index contributed by atoms with van der Waals surface area (Å²) in [7, 11) is 1.70. The second-order valence-corrected chi connectivity index (χ2v) is 8.94. The van der Waals surface area contributed by atoms with E-state index in [2.05, 4.69) is 37.1 Å². The highest BCUT2D eigenvalue weighted by Crippen LogP contribution is 2.38. The molecular formula is C25H33N5O3. The van der Waals surface area contributed by atoms with Crippen LogP contribution in [0.3, 0.4) is 0 Å². The average Bonchev–Trinajstić information content (AvgIpc) is 2.88. The SMILES string of the molecule is COc1ccc2c(c1)N1CCN(c3ccccn3)CC1C(C(=O)NCCN1CCOCC1)C2. The van der Waals surface area contributed by atoms with Gasteiger partial charge < -0.3 is 24.6 Å². The molecule has 3 aliphatic rings. The van der Waals surface area contributed by atoms with Crippen molar-refractivity contribution < 1.29 is 14.3 Å². The molecule has 8 nitrogen and oxygen atoms in total. The topological polar surface area (TPSA) is 70.2 Å². The van der Waals surface area contributed by atoms with Gasteiger partial charge in [-0.2, -0.15) is 0 Å². The number of anilines is 2. The van der Waals surface area contributed by atoms with Crippen molar-refractivity contribution in [1.82, 2.24) is 15.2 Å². The van der Waals surface area contributed by atoms with Crippen LogP contribution in [0.1, 0.15) is 5.56 Å². The van der Waals surface area contributed by atoms with E-state index in [-0.39, 0.29) is 17.9 Å². The number of rotatable bonds is 6. The van der Waals surface area contributed by atoms with Crippen molar-refractivity contribution >= 4 is 17.4 Å². The fraction of sp³-hybridized carbons (Fsp3) is 0.520. The minimum absolute atomic E-state index is 0.0868. The van der Waals surface area contributed by atoms with Crippen LogP contribution >= 0.6 is 0 Å². The molecule has 3 aliphatic heterocycles. The molecule has 5 rings (SSSR count). The zero-order valence-corrected chi connectivity index (χ0v) is 19.3. The molecule has 2 atom stereocenters. The highest BCUT2D eigenvalue weighted by Gasteiger charge is 2.42. The van der Waals surface area contributed by atoms with Gasteiger partial charge >= 0.3 is 0 Å². The number of nitrogens with one attached hydrogen (secondary N) is 1. The lowest BCUT2D eigenvalue weighted by Gasteiger charge is -2.49. The van der Waals surface area contributed by atoms with E-state index in [0.717, 1.165) is 70.5 Å². The lowest BCUT2D eigenvalue weighted by molar-refractivity contribution is -0.125. The lowest BCUT2D eigenvalue weighted by Crippen LogP contribution is -2.61. The molecule has 2 aromatic rings. The third kappa shape index (κ3) is 4.77. The van der Waals surface area contributed by atoms with Gasteiger partial charge in [0.05, 0.1) is 32.3 Å². The van der Waals surface area contributed by atoms with E-state index in [0.29, 0.717) is 6.54 Å². The summed E-state index contributed by atoms with van der Waals surface area (Å²) in [6.07, 6.45) is 2.57. The van der Waals surface area contributed by atoms with Gasteiger partial charge in [-0.05, 0) is 30.2 Å². The van der Waals surface area contributed by atoms with Crippen LogP contribution in [0.5, 0.6) is 5.75 Å². The van der Waals surface area contributed by atoms with Gasteiger partial charge in [-0.25, -0.2) is 4.98 Å². The van der Waals surface area contributed by atoms with Crippen LogP contribution in [0.4, 0.5) is 11.5 Å². The van der Waals surface area contributed by atoms with Gasteiger partial charge in [-0.3, -0.25) is 9.69 Å². The third-order valence-corrected chi connectivity index (χ3v) is 7.07. The van der Waals surface area contributed by atoms with Crippen molar-refractivity contribution in [3.63, 3.8) is 0 Å². The first-order chi connectivity index (χ1) is 16.2. The second kappa shape index (κ2) is 9.97. The molecule has 33 heavy (non-hydrogen) atoms. The number of amides is 1. The molecule has 4 heterocycles. The van der Waals surface area contributed by atoms with E-state index >= 15 is 0 Å². The average molecular weight is 452 g/mol. The van der Waals surface area contributed by atoms with Crippen molar-refractivity contribution in [2.75, 3.05) is 75.9 Å². The number of hydrogen-bond acceptors (Lipinski definition) is 7. The Morgan fingerprint density at radius 1 is 1.18 bits per heavy atom. The number of fused-ring (bicyclic) bond motifs is 3. The minimum Gasteiger partial charge on any atom is -0.497 e. The molecule has 1 N–H and O–H groups in total. The number of pyridine rings is 1. The van der Waals surface area contributed by atoms with Crippen molar-refractivity contribution in [3.05, 3.63) is 48.2 Å². The zero-order valence-electron chi connectivity index (χ0n) is 19.3. The molecule has 1 aromatic heterocycles. The first-order valence-corrected chi connectivity index (χ1v) is 11.9. The molecule has 176 valence electrons. The number of aromatic nitrogens is 1. The number of nitrogens with zero attached hydrogens (tertiary/aromatic N) is 4. The summed E-state index contributed by atoms with van der Waals surface area (Å²) >= 11 is 0. The van der Waals surface area contributed by atoms with E-state index < -0.39 is 0 Å². The Labute approximate surface area is 195 Å². The Kier molecular flexibility index (Phi) is 6.64. The molecule has 2 unspecified atom stereocenters. The molecule has 0 spiro atoms. The van der Waals surface area contributed by atoms with Gasteiger partial charge in [0.15, 0.2) is 0 Å². The first-order valence-electron chi connectivity index (χ1n) is 11.9. The van der Waals surface area contributed by atoms with Gasteiger partial charge in [0.2, 0.25) is 5.91 Å². The van der Waals surface area contributed by atoms with Gasteiger partial charge in [0.1, 0.15) is 11.6 Å². The summed E-state index contributed by atoms with van der Waals surface area (Å²) in [5.74, 6) is 1.86. The number of morpholine rings is 1. The Hall–Kier alpha value is -2.84. The maximum Gasteiger partial charge on any atom is 0.225 e. The minimum atomic E-state index is -0.109. The summed E-state index contributed by atoms with van der Waals surface area (Å²) in [4.78, 5) is 25.0. The first kappa shape index (κ1) is 22.0. The molecule has 0 radical (unpaired) electrons. The normalized spacial score (nSPS) is 22.9. The van der Waals surface area contributed by atoms with Crippen LogP contribution in [0, 0.1) is 5.92 Å². The van der Waals surface area contributed by atoms with Crippen molar-refractivity contribution in [3.8, 4) is 5.75 Å². The fourth-order valence-electron chi connectivity index (χ4n) is 5.25. The summed E-state index contributed by atoms with van der Waals surface area (Å²) in [5.41, 5.74) is 2.41. The van der Waals surface area contributed by atoms with E-state index in [9.17, 15) is 4.79 Å². The number of ether oxygens (including phenoxy) is 2. The van der Waals surface area contributed by atoms with Crippen LogP contribution in [0.25, 0.3) is 0 Å². The van der Waals surface area contributed by atoms with Gasteiger partial charge in [0.25, 0.3) is 0 Å². The molecular weight excluding hydrogens is 418 g/mol. The number of benzene rings is 1. The summed E-state index contributed by atoms with van der Waals surface area (Å²) in [6.45, 7) is 7.44. The Balaban J connectivity index is 1.34. The monoisotopic (exact) mass is 451 g/mol. The van der Waals surface area contributed by atoms with E-state index in [1.54, 1.807) is 7.11 Å². The van der Waals surface area contributed by atoms with E-state index in [1.165, 1.54) is 11.3 Å². The summed E-state index contributed by atoms with van der Waals surface area (Å²) < 4.78 is 10.9. The van der Waals surface area contributed by atoms with Gasteiger partial charge in [-0.1, -0.05) is 12.1 Å². The molecule has 8 heteroatoms. The molecule has 0 aliphatic carbocycles. The maximum absolute atomic E-state index is 13.4. The molecule has 1 amide bonds. The number of carbonyl (C=O) groups is 1. The smallest absolute Gasteiger partial charge is 0.225 e. The Morgan fingerprint density at radius 3 is 2.85 bits per heavy atom. The predicted octanol–water partition coefficient (Wildman–Crippen LogP) is 1.41. The van der Waals surface area contributed by atoms with E-state index in [1.807, 2.05) is 30.5 Å². The highest BCUT2D eigenvalue weighted by molar-refractivity contribution is 5.82. The molecule has 0 saturated carbocycles. The summed E-state index contributed by atoms with van der Waals surface area (Å²) in [5, 5.41) is 3.23. The molecule has 1 aromatic carbocycles. The third-order valence-electron chi connectivity index (χ3n) is 7.07. The molecule has 2 fully saturated rings. The number of hydrogen-bond donors (Lipinski definition) is 1. The van der Waals surface area contributed by atoms with Crippen molar-refractivity contribution in [2.24, 2.45) is 5.92 Å². The van der Waals surface area contributed by atoms with Crippen LogP contribution < -0.4 is 19.9 Å². The van der Waals surface area contributed by atoms with Crippen molar-refractivity contribution in [2.45, 2.75) is 12.5 Å². The predicted molar refractivity (Wildman–Crippen MR) is 128 cm³/mol. The maximum atomic E-state index is 13.4. The Bertz CT molecular complexity index is 950. The standard InChI is InChI=1S/C25H33N5O3/c1-32-20-6-5-19-16-21(25(31)27-8-9-28-12-14-33-15-13-28)23-18-29(24-4-2-3-7-26-24)10-11-30(23)22(19)17-20/h2-7,17,21,23H,8-16,18H2,1H3,(H,27,31). The highest BCUT2D eigenvalue weighted by atomic mass is 16.5. The van der Waals surface area contributed by atoms with Crippen LogP contribution in [-0.4, -0.2) is 88.0 Å². The number of piperazine rings is 1. The van der Waals surface area contributed by atoms with Crippen molar-refractivity contribution in [1.29, 1.82) is 0 Å². The zero-order chi connectivity index (χ0) is 22.6. The Morgan fingerprint density at radius 2 is 2.06 bits per heavy atom. The molecule has 0 bridgehead atoms. The largest absolute Gasteiger partial charge is 0.497 e. The number of methoxy groups -OCH3 is 1. The number of carbonyl (C=O) groups excluding carboxylic acids is 1. The van der Waals surface area contributed by atoms with Crippen LogP contribution in [0.2, 0.25) is 0 Å². The van der Waals surface area contributed by atoms with Crippen LogP contribution in [0.15, 0.2) is 42.6 Å². The van der Waals surface area contributed by atoms with Gasteiger partial charge in [0, 0.05) is 63.8 Å². The fourth-order valence-corrected chi connectivity index (χ4v) is 5.25. The lowest BCUT2D eigenvalue weighted by atomic mass is 9.83. The quantitative estimate of drug-likeness (QED) is 0.712. The second-order valence-electron chi connectivity index (χ2n) is 8.94. The van der Waals surface area contributed by atoms with Gasteiger partial charge in [-0.15, -0.1) is 0 Å². The van der Waals surface area contributed by atoms with E-state index in [4.69, 9.17) is 9.47 Å². The van der Waals surface area contributed by atoms with Crippen LogP contribution in [-0.2, 0) is 16.0 Å². The molecule has 2 saturated heterocycles.